The predicted molar refractivity (Wildman–Crippen MR) is 94.9 cm³/mol. The van der Waals surface area contributed by atoms with Crippen LogP contribution in [0.25, 0.3) is 0 Å². The van der Waals surface area contributed by atoms with Gasteiger partial charge in [0.15, 0.2) is 0 Å². The van der Waals surface area contributed by atoms with Crippen molar-refractivity contribution in [3.05, 3.63) is 35.4 Å². The quantitative estimate of drug-likeness (QED) is 0.821. The molecular formula is C19H24N4O3. The van der Waals surface area contributed by atoms with E-state index in [-0.39, 0.29) is 24.3 Å². The maximum atomic E-state index is 12.5. The molecule has 0 bridgehead atoms. The number of hydrogen-bond acceptors (Lipinski definition) is 4. The molecule has 7 heteroatoms. The summed E-state index contributed by atoms with van der Waals surface area (Å²) in [6.07, 6.45) is 1.29. The number of carbonyl (C=O) groups excluding carboxylic acids is 3. The number of benzene rings is 1. The summed E-state index contributed by atoms with van der Waals surface area (Å²) in [5.74, 6) is -0.139. The van der Waals surface area contributed by atoms with Gasteiger partial charge in [-0.05, 0) is 24.1 Å². The molecule has 3 heterocycles. The SMILES string of the molecule is O=C1NCC(=O)N2CCN(C(=O)CCCN3Cc4ccccc4C3)C[C@H]12. The number of carbonyl (C=O) groups is 3. The van der Waals surface area contributed by atoms with E-state index in [1.807, 2.05) is 0 Å². The van der Waals surface area contributed by atoms with Crippen LogP contribution in [0.3, 0.4) is 0 Å². The predicted octanol–water partition coefficient (Wildman–Crippen LogP) is -0.0484. The van der Waals surface area contributed by atoms with Crippen LogP contribution in [0.1, 0.15) is 24.0 Å². The van der Waals surface area contributed by atoms with E-state index in [0.717, 1.165) is 26.1 Å². The Morgan fingerprint density at radius 2 is 1.85 bits per heavy atom. The van der Waals surface area contributed by atoms with Crippen LogP contribution >= 0.6 is 0 Å². The third-order valence-electron chi connectivity index (χ3n) is 5.54. The highest BCUT2D eigenvalue weighted by molar-refractivity contribution is 5.95. The zero-order valence-corrected chi connectivity index (χ0v) is 14.8. The molecule has 0 saturated carbocycles. The second kappa shape index (κ2) is 7.07. The third-order valence-corrected chi connectivity index (χ3v) is 5.54. The van der Waals surface area contributed by atoms with Gasteiger partial charge >= 0.3 is 0 Å². The van der Waals surface area contributed by atoms with Crippen molar-refractivity contribution in [2.24, 2.45) is 0 Å². The van der Waals surface area contributed by atoms with E-state index < -0.39 is 6.04 Å². The molecule has 7 nitrogen and oxygen atoms in total. The van der Waals surface area contributed by atoms with E-state index >= 15 is 0 Å². The molecule has 2 saturated heterocycles. The largest absolute Gasteiger partial charge is 0.345 e. The first-order chi connectivity index (χ1) is 12.6. The molecule has 0 aromatic heterocycles. The summed E-state index contributed by atoms with van der Waals surface area (Å²) >= 11 is 0. The van der Waals surface area contributed by atoms with Crippen LogP contribution in [-0.4, -0.2) is 71.2 Å². The van der Waals surface area contributed by atoms with Crippen molar-refractivity contribution in [1.29, 1.82) is 0 Å². The van der Waals surface area contributed by atoms with Gasteiger partial charge in [0.1, 0.15) is 6.04 Å². The van der Waals surface area contributed by atoms with E-state index in [1.54, 1.807) is 9.80 Å². The summed E-state index contributed by atoms with van der Waals surface area (Å²) in [5, 5.41) is 2.60. The van der Waals surface area contributed by atoms with E-state index in [0.29, 0.717) is 26.1 Å². The van der Waals surface area contributed by atoms with Gasteiger partial charge in [-0.2, -0.15) is 0 Å². The fourth-order valence-corrected chi connectivity index (χ4v) is 4.09. The zero-order chi connectivity index (χ0) is 18.1. The van der Waals surface area contributed by atoms with Crippen LogP contribution < -0.4 is 5.32 Å². The second-order valence-corrected chi connectivity index (χ2v) is 7.24. The van der Waals surface area contributed by atoms with E-state index in [4.69, 9.17) is 0 Å². The Morgan fingerprint density at radius 3 is 2.58 bits per heavy atom. The Labute approximate surface area is 152 Å². The molecule has 0 spiro atoms. The smallest absolute Gasteiger partial charge is 0.245 e. The van der Waals surface area contributed by atoms with Crippen molar-refractivity contribution in [3.8, 4) is 0 Å². The van der Waals surface area contributed by atoms with Crippen LogP contribution in [0.4, 0.5) is 0 Å². The van der Waals surface area contributed by atoms with E-state index in [1.165, 1.54) is 11.1 Å². The maximum absolute atomic E-state index is 12.5. The van der Waals surface area contributed by atoms with Gasteiger partial charge < -0.3 is 15.1 Å². The maximum Gasteiger partial charge on any atom is 0.245 e. The van der Waals surface area contributed by atoms with Crippen molar-refractivity contribution >= 4 is 17.7 Å². The average molecular weight is 356 g/mol. The van der Waals surface area contributed by atoms with Crippen molar-refractivity contribution < 1.29 is 14.4 Å². The monoisotopic (exact) mass is 356 g/mol. The van der Waals surface area contributed by atoms with Gasteiger partial charge in [0.25, 0.3) is 0 Å². The van der Waals surface area contributed by atoms with Gasteiger partial charge in [-0.25, -0.2) is 0 Å². The van der Waals surface area contributed by atoms with Crippen LogP contribution in [0, 0.1) is 0 Å². The molecule has 0 aliphatic carbocycles. The molecule has 1 aromatic rings. The lowest BCUT2D eigenvalue weighted by Crippen LogP contribution is -2.66. The number of amides is 3. The van der Waals surface area contributed by atoms with Crippen LogP contribution in [0.15, 0.2) is 24.3 Å². The Morgan fingerprint density at radius 1 is 1.12 bits per heavy atom. The molecule has 3 aliphatic heterocycles. The number of fused-ring (bicyclic) bond motifs is 2. The number of hydrogen-bond donors (Lipinski definition) is 1. The minimum atomic E-state index is -0.526. The molecule has 3 amide bonds. The molecule has 1 N–H and O–H groups in total. The van der Waals surface area contributed by atoms with Crippen molar-refractivity contribution in [1.82, 2.24) is 20.0 Å². The van der Waals surface area contributed by atoms with Gasteiger partial charge in [0.05, 0.1) is 13.1 Å². The number of nitrogens with zero attached hydrogens (tertiary/aromatic N) is 3. The lowest BCUT2D eigenvalue weighted by molar-refractivity contribution is -0.152. The molecular weight excluding hydrogens is 332 g/mol. The summed E-state index contributed by atoms with van der Waals surface area (Å²) in [6.45, 7) is 4.14. The van der Waals surface area contributed by atoms with Crippen molar-refractivity contribution in [2.75, 3.05) is 32.7 Å². The topological polar surface area (TPSA) is 73.0 Å². The molecule has 138 valence electrons. The van der Waals surface area contributed by atoms with Gasteiger partial charge in [-0.15, -0.1) is 0 Å². The first kappa shape index (κ1) is 17.0. The highest BCUT2D eigenvalue weighted by Crippen LogP contribution is 2.22. The minimum Gasteiger partial charge on any atom is -0.345 e. The first-order valence-corrected chi connectivity index (χ1v) is 9.26. The van der Waals surface area contributed by atoms with E-state index in [9.17, 15) is 14.4 Å². The molecule has 26 heavy (non-hydrogen) atoms. The summed E-state index contributed by atoms with van der Waals surface area (Å²) in [4.78, 5) is 42.1. The molecule has 0 unspecified atom stereocenters. The third kappa shape index (κ3) is 3.31. The summed E-state index contributed by atoms with van der Waals surface area (Å²) < 4.78 is 0. The zero-order valence-electron chi connectivity index (χ0n) is 14.8. The lowest BCUT2D eigenvalue weighted by Gasteiger charge is -2.43. The van der Waals surface area contributed by atoms with Gasteiger partial charge in [-0.1, -0.05) is 24.3 Å². The van der Waals surface area contributed by atoms with Gasteiger partial charge in [0, 0.05) is 32.6 Å². The molecule has 3 aliphatic rings. The number of nitrogens with one attached hydrogen (secondary N) is 1. The normalized spacial score (nSPS) is 22.8. The Kier molecular flexibility index (Phi) is 4.63. The van der Waals surface area contributed by atoms with Crippen molar-refractivity contribution in [3.63, 3.8) is 0 Å². The molecule has 0 radical (unpaired) electrons. The highest BCUT2D eigenvalue weighted by atomic mass is 16.2. The van der Waals surface area contributed by atoms with Gasteiger partial charge in [-0.3, -0.25) is 19.3 Å². The molecule has 4 rings (SSSR count). The van der Waals surface area contributed by atoms with Crippen LogP contribution in [0.5, 0.6) is 0 Å². The Bertz CT molecular complexity index is 710. The fraction of sp³-hybridized carbons (Fsp3) is 0.526. The summed E-state index contributed by atoms with van der Waals surface area (Å²) in [7, 11) is 0. The minimum absolute atomic E-state index is 0.0599. The van der Waals surface area contributed by atoms with E-state index in [2.05, 4.69) is 34.5 Å². The second-order valence-electron chi connectivity index (χ2n) is 7.24. The number of piperazine rings is 2. The Balaban J connectivity index is 1.24. The fourth-order valence-electron chi connectivity index (χ4n) is 4.09. The molecule has 2 fully saturated rings. The molecule has 1 aromatic carbocycles. The van der Waals surface area contributed by atoms with Crippen LogP contribution in [-0.2, 0) is 27.5 Å². The Hall–Kier alpha value is -2.41. The lowest BCUT2D eigenvalue weighted by atomic mass is 10.1. The van der Waals surface area contributed by atoms with Crippen LogP contribution in [0.2, 0.25) is 0 Å². The van der Waals surface area contributed by atoms with Crippen molar-refractivity contribution in [2.45, 2.75) is 32.0 Å². The summed E-state index contributed by atoms with van der Waals surface area (Å²) in [6, 6.07) is 7.93. The molecule has 1 atom stereocenters. The summed E-state index contributed by atoms with van der Waals surface area (Å²) in [5.41, 5.74) is 2.76. The van der Waals surface area contributed by atoms with Gasteiger partial charge in [0.2, 0.25) is 17.7 Å². The highest BCUT2D eigenvalue weighted by Gasteiger charge is 2.39. The first-order valence-electron chi connectivity index (χ1n) is 9.26. The average Bonchev–Trinajstić information content (AvgIpc) is 3.07. The standard InChI is InChI=1S/C19H24N4O3/c24-17(6-3-7-21-11-14-4-1-2-5-15(14)12-21)22-8-9-23-16(13-22)19(26)20-10-18(23)25/h1-2,4-5,16H,3,6-13H2,(H,20,26)/t16-/m1/s1. The number of rotatable bonds is 4.